The van der Waals surface area contributed by atoms with E-state index in [-0.39, 0.29) is 12.0 Å². The molecular formula is C20H22N2O4. The Kier molecular flexibility index (Phi) is 5.41. The summed E-state index contributed by atoms with van der Waals surface area (Å²) in [6, 6.07) is 15.1. The first-order valence-corrected chi connectivity index (χ1v) is 8.38. The number of oxime groups is 1. The number of methoxy groups -OCH3 is 2. The van der Waals surface area contributed by atoms with E-state index in [1.165, 1.54) is 7.11 Å². The Hall–Kier alpha value is -3.02. The van der Waals surface area contributed by atoms with Crippen molar-refractivity contribution in [2.24, 2.45) is 5.16 Å². The molecule has 1 atom stereocenters. The van der Waals surface area contributed by atoms with E-state index in [1.807, 2.05) is 30.3 Å². The molecule has 1 aliphatic rings. The number of amides is 1. The maximum absolute atomic E-state index is 12.8. The van der Waals surface area contributed by atoms with Gasteiger partial charge < -0.3 is 19.2 Å². The van der Waals surface area contributed by atoms with E-state index < -0.39 is 0 Å². The molecule has 1 unspecified atom stereocenters. The maximum atomic E-state index is 12.8. The number of hydrogen-bond acceptors (Lipinski definition) is 5. The molecule has 136 valence electrons. The smallest absolute Gasteiger partial charge is 0.257 e. The fraction of sp³-hybridized carbons (Fsp3) is 0.300. The van der Waals surface area contributed by atoms with Crippen LogP contribution in [0.1, 0.15) is 22.3 Å². The summed E-state index contributed by atoms with van der Waals surface area (Å²) in [7, 11) is 4.85. The van der Waals surface area contributed by atoms with Crippen LogP contribution in [0.15, 0.2) is 53.7 Å². The van der Waals surface area contributed by atoms with Gasteiger partial charge in [0, 0.05) is 19.5 Å². The molecule has 1 heterocycles. The van der Waals surface area contributed by atoms with E-state index in [1.54, 1.807) is 37.3 Å². The third-order valence-electron chi connectivity index (χ3n) is 4.30. The molecule has 0 saturated heterocycles. The summed E-state index contributed by atoms with van der Waals surface area (Å²) < 4.78 is 10.5. The Bertz CT molecular complexity index is 805. The fourth-order valence-electron chi connectivity index (χ4n) is 2.90. The lowest BCUT2D eigenvalue weighted by Gasteiger charge is -2.21. The van der Waals surface area contributed by atoms with E-state index in [0.717, 1.165) is 11.3 Å². The van der Waals surface area contributed by atoms with Gasteiger partial charge in [-0.15, -0.1) is 0 Å². The van der Waals surface area contributed by atoms with Crippen molar-refractivity contribution in [1.29, 1.82) is 0 Å². The molecule has 0 aromatic heterocycles. The van der Waals surface area contributed by atoms with Crippen molar-refractivity contribution in [2.45, 2.75) is 12.5 Å². The Morgan fingerprint density at radius 3 is 2.65 bits per heavy atom. The monoisotopic (exact) mass is 354 g/mol. The zero-order chi connectivity index (χ0) is 18.5. The third kappa shape index (κ3) is 3.79. The molecule has 2 aromatic rings. The number of carbonyl (C=O) groups is 1. The fourth-order valence-corrected chi connectivity index (χ4v) is 2.90. The highest BCUT2D eigenvalue weighted by atomic mass is 16.6. The highest BCUT2D eigenvalue weighted by Crippen LogP contribution is 2.26. The van der Waals surface area contributed by atoms with Crippen molar-refractivity contribution < 1.29 is 19.1 Å². The first kappa shape index (κ1) is 17.8. The van der Waals surface area contributed by atoms with E-state index in [2.05, 4.69) is 5.16 Å². The lowest BCUT2D eigenvalue weighted by Crippen LogP contribution is -2.34. The van der Waals surface area contributed by atoms with Crippen molar-refractivity contribution in [3.8, 4) is 11.5 Å². The molecule has 6 nitrogen and oxygen atoms in total. The van der Waals surface area contributed by atoms with Gasteiger partial charge in [0.2, 0.25) is 0 Å². The molecule has 1 amide bonds. The summed E-state index contributed by atoms with van der Waals surface area (Å²) in [5.41, 5.74) is 2.43. The molecule has 26 heavy (non-hydrogen) atoms. The Morgan fingerprint density at radius 1 is 1.19 bits per heavy atom. The molecule has 0 bridgehead atoms. The molecule has 2 aromatic carbocycles. The molecular weight excluding hydrogens is 332 g/mol. The summed E-state index contributed by atoms with van der Waals surface area (Å²) in [5.74, 6) is 0.983. The quantitative estimate of drug-likeness (QED) is 0.800. The second-order valence-electron chi connectivity index (χ2n) is 6.09. The number of likely N-dealkylation sites (N-methyl/N-ethyl adjacent to an activating group) is 1. The number of benzene rings is 2. The van der Waals surface area contributed by atoms with Crippen LogP contribution in [0.3, 0.4) is 0 Å². The van der Waals surface area contributed by atoms with Crippen molar-refractivity contribution in [2.75, 3.05) is 27.8 Å². The van der Waals surface area contributed by atoms with Crippen molar-refractivity contribution in [3.63, 3.8) is 0 Å². The van der Waals surface area contributed by atoms with Gasteiger partial charge in [-0.1, -0.05) is 35.5 Å². The number of rotatable bonds is 6. The predicted octanol–water partition coefficient (Wildman–Crippen LogP) is 2.97. The average Bonchev–Trinajstić information content (AvgIpc) is 3.16. The van der Waals surface area contributed by atoms with Crippen molar-refractivity contribution in [3.05, 3.63) is 59.7 Å². The van der Waals surface area contributed by atoms with Gasteiger partial charge in [-0.3, -0.25) is 4.79 Å². The topological polar surface area (TPSA) is 60.4 Å². The minimum atomic E-state index is -0.164. The van der Waals surface area contributed by atoms with Crippen LogP contribution in [-0.4, -0.2) is 50.4 Å². The first-order valence-electron chi connectivity index (χ1n) is 8.38. The van der Waals surface area contributed by atoms with Gasteiger partial charge in [-0.05, 0) is 17.7 Å². The SMILES string of the molecule is COc1ccc(C(=O)N(C)CC2CC(c3ccccc3)=NO2)c(OC)c1. The molecule has 1 aliphatic heterocycles. The highest BCUT2D eigenvalue weighted by molar-refractivity contribution is 6.01. The van der Waals surface area contributed by atoms with Gasteiger partial charge in [0.05, 0.1) is 32.0 Å². The zero-order valence-electron chi connectivity index (χ0n) is 15.1. The van der Waals surface area contributed by atoms with Gasteiger partial charge in [-0.2, -0.15) is 0 Å². The van der Waals surface area contributed by atoms with Gasteiger partial charge in [0.1, 0.15) is 11.5 Å². The summed E-state index contributed by atoms with van der Waals surface area (Å²) in [4.78, 5) is 19.9. The summed E-state index contributed by atoms with van der Waals surface area (Å²) in [6.07, 6.45) is 0.505. The zero-order valence-corrected chi connectivity index (χ0v) is 15.1. The van der Waals surface area contributed by atoms with Crippen LogP contribution in [0, 0.1) is 0 Å². The second-order valence-corrected chi connectivity index (χ2v) is 6.09. The molecule has 0 fully saturated rings. The normalized spacial score (nSPS) is 15.8. The number of nitrogens with zero attached hydrogens (tertiary/aromatic N) is 2. The van der Waals surface area contributed by atoms with E-state index in [4.69, 9.17) is 14.3 Å². The number of hydrogen-bond donors (Lipinski definition) is 0. The van der Waals surface area contributed by atoms with Crippen LogP contribution in [0.4, 0.5) is 0 Å². The predicted molar refractivity (Wildman–Crippen MR) is 99.0 cm³/mol. The van der Waals surface area contributed by atoms with Crippen LogP contribution < -0.4 is 9.47 Å². The molecule has 0 saturated carbocycles. The molecule has 0 radical (unpaired) electrons. The molecule has 0 aliphatic carbocycles. The van der Waals surface area contributed by atoms with Crippen molar-refractivity contribution >= 4 is 11.6 Å². The van der Waals surface area contributed by atoms with Gasteiger partial charge in [0.15, 0.2) is 6.10 Å². The largest absolute Gasteiger partial charge is 0.497 e. The second kappa shape index (κ2) is 7.91. The summed E-state index contributed by atoms with van der Waals surface area (Å²) in [6.45, 7) is 0.438. The Labute approximate surface area is 153 Å². The standard InChI is InChI=1S/C20H22N2O4/c1-22(20(23)17-10-9-15(24-2)12-19(17)25-3)13-16-11-18(21-26-16)14-7-5-4-6-8-14/h4-10,12,16H,11,13H2,1-3H3. The lowest BCUT2D eigenvalue weighted by molar-refractivity contribution is 0.0480. The Balaban J connectivity index is 1.64. The van der Waals surface area contributed by atoms with Crippen LogP contribution in [0.2, 0.25) is 0 Å². The minimum Gasteiger partial charge on any atom is -0.497 e. The maximum Gasteiger partial charge on any atom is 0.257 e. The van der Waals surface area contributed by atoms with Crippen LogP contribution in [0.5, 0.6) is 11.5 Å². The van der Waals surface area contributed by atoms with Crippen LogP contribution in [-0.2, 0) is 4.84 Å². The first-order chi connectivity index (χ1) is 12.6. The highest BCUT2D eigenvalue weighted by Gasteiger charge is 2.26. The minimum absolute atomic E-state index is 0.138. The average molecular weight is 354 g/mol. The summed E-state index contributed by atoms with van der Waals surface area (Å²) >= 11 is 0. The van der Waals surface area contributed by atoms with Crippen LogP contribution in [0.25, 0.3) is 0 Å². The van der Waals surface area contributed by atoms with Crippen molar-refractivity contribution in [1.82, 2.24) is 4.90 Å². The van der Waals surface area contributed by atoms with E-state index >= 15 is 0 Å². The van der Waals surface area contributed by atoms with E-state index in [9.17, 15) is 4.79 Å². The van der Waals surface area contributed by atoms with Gasteiger partial charge in [0.25, 0.3) is 5.91 Å². The lowest BCUT2D eigenvalue weighted by atomic mass is 10.0. The summed E-state index contributed by atoms with van der Waals surface area (Å²) in [5, 5.41) is 4.17. The third-order valence-corrected chi connectivity index (χ3v) is 4.30. The van der Waals surface area contributed by atoms with Gasteiger partial charge in [-0.25, -0.2) is 0 Å². The Morgan fingerprint density at radius 2 is 1.96 bits per heavy atom. The number of carbonyl (C=O) groups excluding carboxylic acids is 1. The van der Waals surface area contributed by atoms with Gasteiger partial charge >= 0.3 is 0 Å². The molecule has 3 rings (SSSR count). The molecule has 0 spiro atoms. The number of ether oxygens (including phenoxy) is 2. The van der Waals surface area contributed by atoms with Crippen LogP contribution >= 0.6 is 0 Å². The molecule has 0 N–H and O–H groups in total. The molecule has 6 heteroatoms. The van der Waals surface area contributed by atoms with E-state index in [0.29, 0.717) is 30.0 Å².